The summed E-state index contributed by atoms with van der Waals surface area (Å²) < 4.78 is 0. The van der Waals surface area contributed by atoms with E-state index >= 15 is 0 Å². The smallest absolute Gasteiger partial charge is 0.314 e. The highest BCUT2D eigenvalue weighted by Gasteiger charge is 2.41. The number of carboxylic acid groups (broad SMARTS) is 1. The van der Waals surface area contributed by atoms with Gasteiger partial charge in [0.2, 0.25) is 0 Å². The Hall–Kier alpha value is -0.830. The van der Waals surface area contributed by atoms with E-state index in [0.29, 0.717) is 0 Å². The Kier molecular flexibility index (Phi) is 2.59. The molecule has 0 aliphatic heterocycles. The number of aliphatic carboxylic acids is 1. The molecule has 0 saturated heterocycles. The van der Waals surface area contributed by atoms with Gasteiger partial charge in [-0.3, -0.25) is 4.79 Å². The minimum absolute atomic E-state index is 0.563. The van der Waals surface area contributed by atoms with Crippen molar-refractivity contribution in [3.63, 3.8) is 0 Å². The molecule has 2 rings (SSSR count). The predicted molar refractivity (Wildman–Crippen MR) is 56.7 cm³/mol. The predicted octanol–water partition coefficient (Wildman–Crippen LogP) is 3.03. The number of carbonyl (C=O) groups is 1. The fraction of sp³-hybridized carbons (Fsp3) is 0.545. The van der Waals surface area contributed by atoms with Crippen molar-refractivity contribution in [2.24, 2.45) is 0 Å². The van der Waals surface area contributed by atoms with Gasteiger partial charge in [0.05, 0.1) is 0 Å². The monoisotopic (exact) mass is 210 g/mol. The van der Waals surface area contributed by atoms with Crippen molar-refractivity contribution in [2.75, 3.05) is 0 Å². The summed E-state index contributed by atoms with van der Waals surface area (Å²) in [6.07, 6.45) is 4.89. The molecule has 1 aromatic heterocycles. The van der Waals surface area contributed by atoms with Gasteiger partial charge in [0.15, 0.2) is 0 Å². The molecule has 0 bridgehead atoms. The summed E-state index contributed by atoms with van der Waals surface area (Å²) in [4.78, 5) is 12.4. The molecule has 0 spiro atoms. The third-order valence-corrected chi connectivity index (χ3v) is 4.18. The minimum Gasteiger partial charge on any atom is -0.481 e. The van der Waals surface area contributed by atoms with Crippen LogP contribution in [0.4, 0.5) is 0 Å². The largest absolute Gasteiger partial charge is 0.481 e. The molecule has 2 nitrogen and oxygen atoms in total. The number of carboxylic acids is 1. The highest BCUT2D eigenvalue weighted by Crippen LogP contribution is 2.41. The fourth-order valence-electron chi connectivity index (χ4n) is 2.27. The Morgan fingerprint density at radius 1 is 1.36 bits per heavy atom. The summed E-state index contributed by atoms with van der Waals surface area (Å²) in [6.45, 7) is 0. The third-order valence-electron chi connectivity index (χ3n) is 3.11. The molecule has 1 heterocycles. The lowest BCUT2D eigenvalue weighted by Crippen LogP contribution is -2.36. The molecule has 1 saturated carbocycles. The number of thiophene rings is 1. The van der Waals surface area contributed by atoms with Crippen LogP contribution in [-0.2, 0) is 10.2 Å². The van der Waals surface area contributed by atoms with E-state index in [1.807, 2.05) is 17.5 Å². The lowest BCUT2D eigenvalue weighted by molar-refractivity contribution is -0.145. The van der Waals surface area contributed by atoms with Crippen molar-refractivity contribution in [1.29, 1.82) is 0 Å². The molecule has 0 atom stereocenters. The molecule has 0 amide bonds. The molecular formula is C11H14O2S. The zero-order valence-corrected chi connectivity index (χ0v) is 8.85. The second-order valence-electron chi connectivity index (χ2n) is 3.93. The van der Waals surface area contributed by atoms with Crippen LogP contribution in [0.25, 0.3) is 0 Å². The molecule has 14 heavy (non-hydrogen) atoms. The summed E-state index contributed by atoms with van der Waals surface area (Å²) in [5.74, 6) is -0.639. The van der Waals surface area contributed by atoms with Crippen molar-refractivity contribution in [1.82, 2.24) is 0 Å². The summed E-state index contributed by atoms with van der Waals surface area (Å²) in [5, 5.41) is 11.3. The zero-order valence-electron chi connectivity index (χ0n) is 8.03. The summed E-state index contributed by atoms with van der Waals surface area (Å²) in [5.41, 5.74) is -0.563. The van der Waals surface area contributed by atoms with E-state index in [4.69, 9.17) is 0 Å². The highest BCUT2D eigenvalue weighted by atomic mass is 32.1. The molecule has 0 unspecified atom stereocenters. The van der Waals surface area contributed by atoms with Gasteiger partial charge >= 0.3 is 5.97 Å². The fourth-order valence-corrected chi connectivity index (χ4v) is 3.25. The van der Waals surface area contributed by atoms with E-state index in [1.54, 1.807) is 11.3 Å². The molecule has 76 valence electrons. The van der Waals surface area contributed by atoms with Gasteiger partial charge in [-0.25, -0.2) is 0 Å². The van der Waals surface area contributed by atoms with Crippen molar-refractivity contribution < 1.29 is 9.90 Å². The van der Waals surface area contributed by atoms with Crippen LogP contribution in [0.5, 0.6) is 0 Å². The maximum absolute atomic E-state index is 11.4. The minimum atomic E-state index is -0.639. The van der Waals surface area contributed by atoms with E-state index in [9.17, 15) is 9.90 Å². The standard InChI is InChI=1S/C11H14O2S/c12-10(13)11(6-2-1-3-7-11)9-5-4-8-14-9/h4-5,8H,1-3,6-7H2,(H,12,13). The lowest BCUT2D eigenvalue weighted by atomic mass is 9.73. The first-order valence-corrected chi connectivity index (χ1v) is 5.91. The van der Waals surface area contributed by atoms with Gasteiger partial charge in [-0.15, -0.1) is 11.3 Å². The number of hydrogen-bond donors (Lipinski definition) is 1. The van der Waals surface area contributed by atoms with Crippen molar-refractivity contribution in [3.05, 3.63) is 22.4 Å². The van der Waals surface area contributed by atoms with E-state index in [2.05, 4.69) is 0 Å². The average Bonchev–Trinajstić information content (AvgIpc) is 2.72. The van der Waals surface area contributed by atoms with Crippen LogP contribution >= 0.6 is 11.3 Å². The van der Waals surface area contributed by atoms with Crippen LogP contribution < -0.4 is 0 Å². The van der Waals surface area contributed by atoms with Crippen LogP contribution in [0.2, 0.25) is 0 Å². The van der Waals surface area contributed by atoms with Crippen molar-refractivity contribution in [3.8, 4) is 0 Å². The first-order valence-electron chi connectivity index (χ1n) is 5.03. The Labute approximate surface area is 87.6 Å². The van der Waals surface area contributed by atoms with Crippen LogP contribution in [0.3, 0.4) is 0 Å². The van der Waals surface area contributed by atoms with E-state index in [0.717, 1.165) is 30.6 Å². The third kappa shape index (κ3) is 1.46. The second-order valence-corrected chi connectivity index (χ2v) is 4.87. The van der Waals surface area contributed by atoms with Crippen molar-refractivity contribution in [2.45, 2.75) is 37.5 Å². The molecule has 1 aliphatic carbocycles. The Morgan fingerprint density at radius 2 is 2.07 bits per heavy atom. The quantitative estimate of drug-likeness (QED) is 0.814. The van der Waals surface area contributed by atoms with Crippen LogP contribution in [0.15, 0.2) is 17.5 Å². The molecule has 0 aromatic carbocycles. The molecule has 1 aliphatic rings. The van der Waals surface area contributed by atoms with Gasteiger partial charge in [-0.2, -0.15) is 0 Å². The van der Waals surface area contributed by atoms with Gasteiger partial charge < -0.3 is 5.11 Å². The maximum atomic E-state index is 11.4. The highest BCUT2D eigenvalue weighted by molar-refractivity contribution is 7.10. The lowest BCUT2D eigenvalue weighted by Gasteiger charge is -2.32. The Morgan fingerprint density at radius 3 is 2.57 bits per heavy atom. The van der Waals surface area contributed by atoms with E-state index < -0.39 is 11.4 Å². The van der Waals surface area contributed by atoms with Crippen LogP contribution in [0, 0.1) is 0 Å². The Balaban J connectivity index is 2.35. The SMILES string of the molecule is O=C(O)C1(c2cccs2)CCCCC1. The Bertz CT molecular complexity index is 310. The maximum Gasteiger partial charge on any atom is 0.314 e. The molecule has 1 N–H and O–H groups in total. The molecule has 0 radical (unpaired) electrons. The second kappa shape index (κ2) is 3.73. The van der Waals surface area contributed by atoms with Gasteiger partial charge in [0, 0.05) is 4.88 Å². The molecular weight excluding hydrogens is 196 g/mol. The first-order chi connectivity index (χ1) is 6.76. The van der Waals surface area contributed by atoms with E-state index in [1.165, 1.54) is 6.42 Å². The molecule has 1 aromatic rings. The van der Waals surface area contributed by atoms with Crippen molar-refractivity contribution >= 4 is 17.3 Å². The number of rotatable bonds is 2. The first kappa shape index (κ1) is 9.71. The molecule has 3 heteroatoms. The normalized spacial score (nSPS) is 20.6. The zero-order chi connectivity index (χ0) is 10.0. The topological polar surface area (TPSA) is 37.3 Å². The van der Waals surface area contributed by atoms with Crippen LogP contribution in [0.1, 0.15) is 37.0 Å². The summed E-state index contributed by atoms with van der Waals surface area (Å²) >= 11 is 1.58. The van der Waals surface area contributed by atoms with Gasteiger partial charge in [0.25, 0.3) is 0 Å². The van der Waals surface area contributed by atoms with Gasteiger partial charge in [0.1, 0.15) is 5.41 Å². The summed E-state index contributed by atoms with van der Waals surface area (Å²) in [6, 6.07) is 3.91. The number of hydrogen-bond acceptors (Lipinski definition) is 2. The van der Waals surface area contributed by atoms with Gasteiger partial charge in [-0.1, -0.05) is 25.3 Å². The molecule has 1 fully saturated rings. The summed E-state index contributed by atoms with van der Waals surface area (Å²) in [7, 11) is 0. The average molecular weight is 210 g/mol. The van der Waals surface area contributed by atoms with E-state index in [-0.39, 0.29) is 0 Å². The van der Waals surface area contributed by atoms with Crippen LogP contribution in [-0.4, -0.2) is 11.1 Å². The van der Waals surface area contributed by atoms with Gasteiger partial charge in [-0.05, 0) is 24.3 Å².